The van der Waals surface area contributed by atoms with E-state index < -0.39 is 0 Å². The molecular formula is C16H24N2. The Bertz CT molecular complexity index is 381. The molecule has 0 aromatic carbocycles. The quantitative estimate of drug-likeness (QED) is 0.873. The molecule has 1 N–H and O–H groups in total. The van der Waals surface area contributed by atoms with E-state index in [4.69, 9.17) is 0 Å². The van der Waals surface area contributed by atoms with Crippen LogP contribution in [0, 0.1) is 5.41 Å². The van der Waals surface area contributed by atoms with Crippen LogP contribution >= 0.6 is 0 Å². The van der Waals surface area contributed by atoms with Crippen LogP contribution < -0.4 is 5.32 Å². The molecule has 98 valence electrons. The molecule has 0 spiro atoms. The van der Waals surface area contributed by atoms with Crippen molar-refractivity contribution in [2.24, 2.45) is 5.41 Å². The highest BCUT2D eigenvalue weighted by Gasteiger charge is 2.19. The summed E-state index contributed by atoms with van der Waals surface area (Å²) in [6.07, 6.45) is 11.7. The highest BCUT2D eigenvalue weighted by atomic mass is 14.9. The Labute approximate surface area is 111 Å². The monoisotopic (exact) mass is 244 g/mol. The molecule has 2 rings (SSSR count). The van der Waals surface area contributed by atoms with E-state index in [0.29, 0.717) is 0 Å². The first-order valence-corrected chi connectivity index (χ1v) is 6.74. The molecule has 0 saturated heterocycles. The summed E-state index contributed by atoms with van der Waals surface area (Å²) < 4.78 is 0. The Balaban J connectivity index is 0.000000771. The maximum absolute atomic E-state index is 4.29. The van der Waals surface area contributed by atoms with Gasteiger partial charge in [0.05, 0.1) is 5.69 Å². The SMILES string of the molecule is CC.CC1(CNCc2ccccn2)C=CC=CC1. The number of hydrogen-bond donors (Lipinski definition) is 1. The van der Waals surface area contributed by atoms with Crippen LogP contribution in [0.1, 0.15) is 32.9 Å². The van der Waals surface area contributed by atoms with E-state index in [1.807, 2.05) is 38.2 Å². The van der Waals surface area contributed by atoms with Crippen LogP contribution in [0.5, 0.6) is 0 Å². The van der Waals surface area contributed by atoms with Gasteiger partial charge >= 0.3 is 0 Å². The first-order valence-electron chi connectivity index (χ1n) is 6.74. The smallest absolute Gasteiger partial charge is 0.0541 e. The lowest BCUT2D eigenvalue weighted by Crippen LogP contribution is -2.30. The summed E-state index contributed by atoms with van der Waals surface area (Å²) >= 11 is 0. The molecule has 1 atom stereocenters. The lowest BCUT2D eigenvalue weighted by atomic mass is 9.84. The fraction of sp³-hybridized carbons (Fsp3) is 0.438. The molecule has 1 aliphatic rings. The zero-order valence-corrected chi connectivity index (χ0v) is 11.7. The largest absolute Gasteiger partial charge is 0.310 e. The van der Waals surface area contributed by atoms with Crippen LogP contribution in [0.3, 0.4) is 0 Å². The minimum Gasteiger partial charge on any atom is -0.310 e. The van der Waals surface area contributed by atoms with E-state index >= 15 is 0 Å². The Morgan fingerprint density at radius 1 is 1.28 bits per heavy atom. The van der Waals surface area contributed by atoms with E-state index in [9.17, 15) is 0 Å². The summed E-state index contributed by atoms with van der Waals surface area (Å²) in [7, 11) is 0. The van der Waals surface area contributed by atoms with Crippen LogP contribution in [-0.4, -0.2) is 11.5 Å². The van der Waals surface area contributed by atoms with Crippen molar-refractivity contribution in [2.75, 3.05) is 6.54 Å². The van der Waals surface area contributed by atoms with E-state index in [1.165, 1.54) is 0 Å². The number of hydrogen-bond acceptors (Lipinski definition) is 2. The van der Waals surface area contributed by atoms with Crippen LogP contribution in [-0.2, 0) is 6.54 Å². The number of aromatic nitrogens is 1. The van der Waals surface area contributed by atoms with Crippen LogP contribution in [0.4, 0.5) is 0 Å². The summed E-state index contributed by atoms with van der Waals surface area (Å²) in [5.41, 5.74) is 1.35. The average molecular weight is 244 g/mol. The number of rotatable bonds is 4. The van der Waals surface area contributed by atoms with Crippen molar-refractivity contribution in [3.8, 4) is 0 Å². The lowest BCUT2D eigenvalue weighted by molar-refractivity contribution is 0.392. The van der Waals surface area contributed by atoms with Crippen molar-refractivity contribution in [1.29, 1.82) is 0 Å². The van der Waals surface area contributed by atoms with Gasteiger partial charge in [0.25, 0.3) is 0 Å². The molecular weight excluding hydrogens is 220 g/mol. The third-order valence-corrected chi connectivity index (χ3v) is 2.89. The van der Waals surface area contributed by atoms with Gasteiger partial charge in [-0.05, 0) is 18.6 Å². The molecule has 0 bridgehead atoms. The maximum atomic E-state index is 4.29. The zero-order valence-electron chi connectivity index (χ0n) is 11.7. The van der Waals surface area contributed by atoms with Gasteiger partial charge in [-0.2, -0.15) is 0 Å². The molecule has 1 aliphatic carbocycles. The summed E-state index contributed by atoms with van der Waals surface area (Å²) in [6, 6.07) is 6.01. The highest BCUT2D eigenvalue weighted by molar-refractivity contribution is 5.16. The molecule has 0 radical (unpaired) electrons. The van der Waals surface area contributed by atoms with Gasteiger partial charge in [0, 0.05) is 24.7 Å². The molecule has 1 aromatic rings. The van der Waals surface area contributed by atoms with Gasteiger partial charge in [-0.3, -0.25) is 4.98 Å². The van der Waals surface area contributed by atoms with Gasteiger partial charge in [0.1, 0.15) is 0 Å². The van der Waals surface area contributed by atoms with Crippen molar-refractivity contribution in [1.82, 2.24) is 10.3 Å². The van der Waals surface area contributed by atoms with E-state index in [-0.39, 0.29) is 5.41 Å². The fourth-order valence-electron chi connectivity index (χ4n) is 1.88. The van der Waals surface area contributed by atoms with Gasteiger partial charge in [-0.1, -0.05) is 51.1 Å². The molecule has 1 aromatic heterocycles. The minimum atomic E-state index is 0.254. The number of nitrogens with zero attached hydrogens (tertiary/aromatic N) is 1. The highest BCUT2D eigenvalue weighted by Crippen LogP contribution is 2.25. The summed E-state index contributed by atoms with van der Waals surface area (Å²) in [6.45, 7) is 8.11. The Kier molecular flexibility index (Phi) is 6.37. The van der Waals surface area contributed by atoms with Crippen molar-refractivity contribution in [2.45, 2.75) is 33.7 Å². The molecule has 0 amide bonds. The predicted octanol–water partition coefficient (Wildman–Crippen LogP) is 3.72. The second kappa shape index (κ2) is 7.83. The maximum Gasteiger partial charge on any atom is 0.0541 e. The first-order chi connectivity index (χ1) is 8.79. The number of pyridine rings is 1. The Morgan fingerprint density at radius 2 is 2.11 bits per heavy atom. The van der Waals surface area contributed by atoms with Crippen molar-refractivity contribution >= 4 is 0 Å². The standard InChI is InChI=1S/C14H18N2.C2H6/c1-14(8-4-2-5-9-14)12-15-11-13-7-3-6-10-16-13;1-2/h2-8,10,15H,9,11-12H2,1H3;1-2H3. The van der Waals surface area contributed by atoms with Crippen molar-refractivity contribution in [3.05, 3.63) is 54.4 Å². The van der Waals surface area contributed by atoms with Gasteiger partial charge in [-0.15, -0.1) is 0 Å². The number of nitrogens with one attached hydrogen (secondary N) is 1. The van der Waals surface area contributed by atoms with E-state index in [1.54, 1.807) is 0 Å². The molecule has 2 nitrogen and oxygen atoms in total. The average Bonchev–Trinajstić information content (AvgIpc) is 2.43. The fourth-order valence-corrected chi connectivity index (χ4v) is 1.88. The Hall–Kier alpha value is -1.41. The molecule has 0 fully saturated rings. The van der Waals surface area contributed by atoms with Crippen LogP contribution in [0.2, 0.25) is 0 Å². The van der Waals surface area contributed by atoms with Gasteiger partial charge in [0.2, 0.25) is 0 Å². The van der Waals surface area contributed by atoms with Crippen LogP contribution in [0.15, 0.2) is 48.7 Å². The summed E-state index contributed by atoms with van der Waals surface area (Å²) in [5, 5.41) is 3.46. The van der Waals surface area contributed by atoms with Crippen LogP contribution in [0.25, 0.3) is 0 Å². The molecule has 1 unspecified atom stereocenters. The summed E-state index contributed by atoms with van der Waals surface area (Å²) in [4.78, 5) is 4.29. The number of allylic oxidation sites excluding steroid dienone is 3. The molecule has 0 aliphatic heterocycles. The molecule has 0 saturated carbocycles. The topological polar surface area (TPSA) is 24.9 Å². The van der Waals surface area contributed by atoms with Gasteiger partial charge in [-0.25, -0.2) is 0 Å². The molecule has 1 heterocycles. The Morgan fingerprint density at radius 3 is 2.72 bits per heavy atom. The lowest BCUT2D eigenvalue weighted by Gasteiger charge is -2.26. The van der Waals surface area contributed by atoms with Crippen molar-refractivity contribution < 1.29 is 0 Å². The third kappa shape index (κ3) is 4.84. The first kappa shape index (κ1) is 14.7. The predicted molar refractivity (Wildman–Crippen MR) is 78.3 cm³/mol. The van der Waals surface area contributed by atoms with Gasteiger partial charge in [0.15, 0.2) is 0 Å². The summed E-state index contributed by atoms with van der Waals surface area (Å²) in [5.74, 6) is 0. The van der Waals surface area contributed by atoms with Crippen molar-refractivity contribution in [3.63, 3.8) is 0 Å². The van der Waals surface area contributed by atoms with E-state index in [0.717, 1.165) is 25.2 Å². The zero-order chi connectivity index (χ0) is 13.3. The third-order valence-electron chi connectivity index (χ3n) is 2.89. The van der Waals surface area contributed by atoms with Gasteiger partial charge < -0.3 is 5.32 Å². The normalized spacial score (nSPS) is 21.3. The second-order valence-electron chi connectivity index (χ2n) is 4.57. The molecule has 2 heteroatoms. The molecule has 18 heavy (non-hydrogen) atoms. The minimum absolute atomic E-state index is 0.254. The van der Waals surface area contributed by atoms with E-state index in [2.05, 4.69) is 41.5 Å². The second-order valence-corrected chi connectivity index (χ2v) is 4.57.